The van der Waals surface area contributed by atoms with Crippen molar-refractivity contribution >= 4 is 5.82 Å². The van der Waals surface area contributed by atoms with E-state index in [4.69, 9.17) is 18.9 Å². The fourth-order valence-corrected chi connectivity index (χ4v) is 4.15. The van der Waals surface area contributed by atoms with Gasteiger partial charge in [0.25, 0.3) is 5.88 Å². The molecule has 0 saturated carbocycles. The van der Waals surface area contributed by atoms with Gasteiger partial charge in [0.15, 0.2) is 17.3 Å². The Bertz CT molecular complexity index is 869. The number of benzene rings is 1. The molecule has 0 aliphatic carbocycles. The zero-order valence-corrected chi connectivity index (χ0v) is 17.7. The highest BCUT2D eigenvalue weighted by molar-refractivity contribution is 5.48. The predicted octanol–water partition coefficient (Wildman–Crippen LogP) is 1.24. The van der Waals surface area contributed by atoms with Crippen molar-refractivity contribution < 1.29 is 18.9 Å². The van der Waals surface area contributed by atoms with Gasteiger partial charge in [0.05, 0.1) is 13.2 Å². The molecule has 5 rings (SSSR count). The van der Waals surface area contributed by atoms with Gasteiger partial charge in [0.2, 0.25) is 6.79 Å². The van der Waals surface area contributed by atoms with Crippen LogP contribution in [-0.2, 0) is 11.3 Å². The molecule has 2 aromatic rings. The number of rotatable bonds is 7. The second-order valence-corrected chi connectivity index (χ2v) is 7.94. The van der Waals surface area contributed by atoms with Crippen LogP contribution in [-0.4, -0.2) is 92.2 Å². The summed E-state index contributed by atoms with van der Waals surface area (Å²) >= 11 is 0. The van der Waals surface area contributed by atoms with Crippen molar-refractivity contribution in [2.24, 2.45) is 0 Å². The standard InChI is InChI=1S/C22H29N5O4/c1-2-19-20(31-17-30-19)15-18(1)16-26-5-7-27(8-6-26)21-22(24-4-3-23-21)29-14-11-25-9-12-28-13-10-25/h1-4,15H,5-14,16-17H2. The van der Waals surface area contributed by atoms with E-state index in [9.17, 15) is 0 Å². The quantitative estimate of drug-likeness (QED) is 0.649. The summed E-state index contributed by atoms with van der Waals surface area (Å²) in [6, 6.07) is 6.19. The molecule has 0 atom stereocenters. The van der Waals surface area contributed by atoms with E-state index < -0.39 is 0 Å². The number of anilines is 1. The summed E-state index contributed by atoms with van der Waals surface area (Å²) in [5.74, 6) is 3.14. The summed E-state index contributed by atoms with van der Waals surface area (Å²) in [6.07, 6.45) is 3.44. The van der Waals surface area contributed by atoms with Crippen molar-refractivity contribution in [3.05, 3.63) is 36.2 Å². The first kappa shape index (κ1) is 20.3. The average Bonchev–Trinajstić information content (AvgIpc) is 3.29. The van der Waals surface area contributed by atoms with Gasteiger partial charge in [0, 0.05) is 64.8 Å². The number of hydrogen-bond acceptors (Lipinski definition) is 9. The topological polar surface area (TPSA) is 72.4 Å². The maximum Gasteiger partial charge on any atom is 0.257 e. The third-order valence-electron chi connectivity index (χ3n) is 5.91. The van der Waals surface area contributed by atoms with Crippen molar-refractivity contribution in [3.8, 4) is 17.4 Å². The van der Waals surface area contributed by atoms with Crippen molar-refractivity contribution in [1.29, 1.82) is 0 Å². The Labute approximate surface area is 182 Å². The molecule has 0 N–H and O–H groups in total. The molecule has 0 unspecified atom stereocenters. The third kappa shape index (κ3) is 5.00. The lowest BCUT2D eigenvalue weighted by Crippen LogP contribution is -2.46. The molecule has 1 aromatic carbocycles. The lowest BCUT2D eigenvalue weighted by atomic mass is 10.1. The Hall–Kier alpha value is -2.62. The van der Waals surface area contributed by atoms with E-state index in [0.29, 0.717) is 19.3 Å². The van der Waals surface area contributed by atoms with E-state index in [2.05, 4.69) is 36.8 Å². The third-order valence-corrected chi connectivity index (χ3v) is 5.91. The number of morpholine rings is 1. The van der Waals surface area contributed by atoms with Crippen LogP contribution in [0.5, 0.6) is 17.4 Å². The van der Waals surface area contributed by atoms with Crippen molar-refractivity contribution in [3.63, 3.8) is 0 Å². The molecular formula is C22H29N5O4. The van der Waals surface area contributed by atoms with Crippen molar-refractivity contribution in [2.75, 3.05) is 77.3 Å². The number of piperazine rings is 1. The van der Waals surface area contributed by atoms with Crippen LogP contribution in [0.3, 0.4) is 0 Å². The van der Waals surface area contributed by atoms with Gasteiger partial charge in [-0.2, -0.15) is 0 Å². The van der Waals surface area contributed by atoms with Gasteiger partial charge in [-0.1, -0.05) is 6.07 Å². The van der Waals surface area contributed by atoms with Gasteiger partial charge >= 0.3 is 0 Å². The molecule has 31 heavy (non-hydrogen) atoms. The summed E-state index contributed by atoms with van der Waals surface area (Å²) in [6.45, 7) is 9.91. The molecule has 3 aliphatic rings. The molecule has 9 nitrogen and oxygen atoms in total. The number of aromatic nitrogens is 2. The maximum atomic E-state index is 6.02. The highest BCUT2D eigenvalue weighted by Gasteiger charge is 2.23. The number of hydrogen-bond donors (Lipinski definition) is 0. The molecule has 0 spiro atoms. The zero-order chi connectivity index (χ0) is 20.9. The predicted molar refractivity (Wildman–Crippen MR) is 115 cm³/mol. The van der Waals surface area contributed by atoms with Crippen LogP contribution in [0.15, 0.2) is 30.6 Å². The Kier molecular flexibility index (Phi) is 6.33. The van der Waals surface area contributed by atoms with Crippen LogP contribution < -0.4 is 19.1 Å². The molecular weight excluding hydrogens is 398 g/mol. The normalized spacial score (nSPS) is 19.5. The number of ether oxygens (including phenoxy) is 4. The van der Waals surface area contributed by atoms with Crippen LogP contribution in [0.25, 0.3) is 0 Å². The second kappa shape index (κ2) is 9.67. The van der Waals surface area contributed by atoms with Gasteiger partial charge < -0.3 is 23.8 Å². The van der Waals surface area contributed by atoms with Crippen LogP contribution in [0.4, 0.5) is 5.82 Å². The summed E-state index contributed by atoms with van der Waals surface area (Å²) < 4.78 is 22.3. The van der Waals surface area contributed by atoms with E-state index in [1.807, 2.05) is 6.07 Å². The van der Waals surface area contributed by atoms with Crippen molar-refractivity contribution in [1.82, 2.24) is 19.8 Å². The summed E-state index contributed by atoms with van der Waals surface area (Å²) in [4.78, 5) is 16.1. The minimum absolute atomic E-state index is 0.312. The first-order valence-corrected chi connectivity index (χ1v) is 10.9. The van der Waals surface area contributed by atoms with E-state index >= 15 is 0 Å². The van der Waals surface area contributed by atoms with Gasteiger partial charge in [-0.15, -0.1) is 0 Å². The van der Waals surface area contributed by atoms with Crippen LogP contribution in [0.2, 0.25) is 0 Å². The first-order chi connectivity index (χ1) is 15.3. The Morgan fingerprint density at radius 3 is 2.55 bits per heavy atom. The molecule has 0 bridgehead atoms. The zero-order valence-electron chi connectivity index (χ0n) is 17.7. The largest absolute Gasteiger partial charge is 0.474 e. The van der Waals surface area contributed by atoms with E-state index in [1.54, 1.807) is 12.4 Å². The van der Waals surface area contributed by atoms with E-state index in [1.165, 1.54) is 5.56 Å². The Balaban J connectivity index is 1.13. The lowest BCUT2D eigenvalue weighted by molar-refractivity contribution is 0.0320. The maximum absolute atomic E-state index is 6.02. The monoisotopic (exact) mass is 427 g/mol. The van der Waals surface area contributed by atoms with E-state index in [0.717, 1.165) is 82.9 Å². The molecule has 2 saturated heterocycles. The molecule has 0 amide bonds. The van der Waals surface area contributed by atoms with Gasteiger partial charge in [-0.25, -0.2) is 9.97 Å². The Morgan fingerprint density at radius 1 is 0.871 bits per heavy atom. The highest BCUT2D eigenvalue weighted by Crippen LogP contribution is 2.33. The fraction of sp³-hybridized carbons (Fsp3) is 0.545. The first-order valence-electron chi connectivity index (χ1n) is 10.9. The molecule has 166 valence electrons. The Morgan fingerprint density at radius 2 is 1.68 bits per heavy atom. The number of fused-ring (bicyclic) bond motifs is 1. The molecule has 9 heteroatoms. The van der Waals surface area contributed by atoms with Crippen LogP contribution in [0, 0.1) is 0 Å². The van der Waals surface area contributed by atoms with Crippen LogP contribution >= 0.6 is 0 Å². The van der Waals surface area contributed by atoms with Crippen molar-refractivity contribution in [2.45, 2.75) is 6.54 Å². The lowest BCUT2D eigenvalue weighted by Gasteiger charge is -2.35. The van der Waals surface area contributed by atoms with Gasteiger partial charge in [-0.05, 0) is 17.7 Å². The molecule has 2 fully saturated rings. The summed E-state index contributed by atoms with van der Waals surface area (Å²) in [5.41, 5.74) is 1.24. The molecule has 4 heterocycles. The van der Waals surface area contributed by atoms with Gasteiger partial charge in [0.1, 0.15) is 6.61 Å². The highest BCUT2D eigenvalue weighted by atomic mass is 16.7. The molecule has 0 radical (unpaired) electrons. The minimum Gasteiger partial charge on any atom is -0.474 e. The fourth-order valence-electron chi connectivity index (χ4n) is 4.15. The minimum atomic E-state index is 0.312. The SMILES string of the molecule is c1cnc(N2CCN(Cc3ccc4c(c3)OCO4)CC2)c(OCCN2CCOCC2)n1. The smallest absolute Gasteiger partial charge is 0.257 e. The van der Waals surface area contributed by atoms with E-state index in [-0.39, 0.29) is 0 Å². The summed E-state index contributed by atoms with van der Waals surface area (Å²) in [7, 11) is 0. The molecule has 1 aromatic heterocycles. The van der Waals surface area contributed by atoms with Gasteiger partial charge in [-0.3, -0.25) is 9.80 Å². The molecule has 3 aliphatic heterocycles. The number of nitrogens with zero attached hydrogens (tertiary/aromatic N) is 5. The van der Waals surface area contributed by atoms with Crippen LogP contribution in [0.1, 0.15) is 5.56 Å². The summed E-state index contributed by atoms with van der Waals surface area (Å²) in [5, 5.41) is 0. The second-order valence-electron chi connectivity index (χ2n) is 7.94. The average molecular weight is 428 g/mol.